The minimum atomic E-state index is -0.375. The molecule has 2 rings (SSSR count). The lowest BCUT2D eigenvalue weighted by Gasteiger charge is -2.09. The lowest BCUT2D eigenvalue weighted by atomic mass is 10.2. The van der Waals surface area contributed by atoms with Gasteiger partial charge in [-0.25, -0.2) is 9.78 Å². The molecule has 0 aliphatic rings. The second-order valence-electron chi connectivity index (χ2n) is 4.04. The highest BCUT2D eigenvalue weighted by Crippen LogP contribution is 2.19. The maximum Gasteiger partial charge on any atom is 0.357 e. The van der Waals surface area contributed by atoms with Gasteiger partial charge in [-0.05, 0) is 13.8 Å². The first kappa shape index (κ1) is 14.0. The fourth-order valence-electron chi connectivity index (χ4n) is 1.61. The summed E-state index contributed by atoms with van der Waals surface area (Å²) in [7, 11) is 0. The molecule has 0 aliphatic carbocycles. The molecule has 0 spiro atoms. The average molecular weight is 300 g/mol. The molecule has 0 saturated carbocycles. The van der Waals surface area contributed by atoms with Gasteiger partial charge >= 0.3 is 5.97 Å². The van der Waals surface area contributed by atoms with Crippen LogP contribution in [0.1, 0.15) is 35.4 Å². The number of aromatic nitrogens is 3. The first-order chi connectivity index (χ1) is 9.10. The van der Waals surface area contributed by atoms with E-state index in [0.717, 1.165) is 5.01 Å². The van der Waals surface area contributed by atoms with E-state index >= 15 is 0 Å². The van der Waals surface area contributed by atoms with E-state index in [-0.39, 0.29) is 12.0 Å². The smallest absolute Gasteiger partial charge is 0.357 e. The third kappa shape index (κ3) is 3.54. The Labute approximate surface area is 120 Å². The molecule has 0 radical (unpaired) electrons. The lowest BCUT2D eigenvalue weighted by Crippen LogP contribution is -2.09. The number of halogens is 1. The van der Waals surface area contributed by atoms with Gasteiger partial charge in [0.15, 0.2) is 5.69 Å². The second-order valence-corrected chi connectivity index (χ2v) is 5.42. The fourth-order valence-corrected chi connectivity index (χ4v) is 2.63. The van der Waals surface area contributed by atoms with Crippen molar-refractivity contribution >= 4 is 28.9 Å². The van der Waals surface area contributed by atoms with Gasteiger partial charge in [-0.15, -0.1) is 11.3 Å². The summed E-state index contributed by atoms with van der Waals surface area (Å²) in [5.41, 5.74) is 0.368. The number of hydrogen-bond donors (Lipinski definition) is 0. The molecule has 0 amide bonds. The van der Waals surface area contributed by atoms with Gasteiger partial charge in [0.1, 0.15) is 0 Å². The van der Waals surface area contributed by atoms with Crippen LogP contribution in [0.4, 0.5) is 0 Å². The Kier molecular flexibility index (Phi) is 4.55. The van der Waals surface area contributed by atoms with E-state index in [1.54, 1.807) is 29.4 Å². The van der Waals surface area contributed by atoms with Crippen LogP contribution in [0.15, 0.2) is 17.8 Å². The molecule has 0 N–H and O–H groups in total. The summed E-state index contributed by atoms with van der Waals surface area (Å²) >= 11 is 7.28. The van der Waals surface area contributed by atoms with E-state index in [4.69, 9.17) is 16.3 Å². The molecule has 0 saturated heterocycles. The van der Waals surface area contributed by atoms with Gasteiger partial charge < -0.3 is 4.74 Å². The van der Waals surface area contributed by atoms with Gasteiger partial charge in [-0.3, -0.25) is 4.68 Å². The molecule has 2 aromatic rings. The summed E-state index contributed by atoms with van der Waals surface area (Å²) in [6, 6.07) is 0.133. The number of carbonyl (C=O) groups is 1. The van der Waals surface area contributed by atoms with Gasteiger partial charge in [-0.1, -0.05) is 11.6 Å². The Hall–Kier alpha value is -1.40. The molecule has 0 bridgehead atoms. The van der Waals surface area contributed by atoms with Crippen LogP contribution in [0.3, 0.4) is 0 Å². The van der Waals surface area contributed by atoms with Gasteiger partial charge in [0, 0.05) is 18.0 Å². The summed E-state index contributed by atoms with van der Waals surface area (Å²) < 4.78 is 6.69. The number of carbonyl (C=O) groups excluding carboxylic acids is 1. The van der Waals surface area contributed by atoms with Crippen molar-refractivity contribution < 1.29 is 9.53 Å². The van der Waals surface area contributed by atoms with Gasteiger partial charge in [0.05, 0.1) is 28.9 Å². The summed E-state index contributed by atoms with van der Waals surface area (Å²) in [6.45, 7) is 4.15. The van der Waals surface area contributed by atoms with Gasteiger partial charge in [-0.2, -0.15) is 5.10 Å². The Morgan fingerprint density at radius 3 is 3.05 bits per heavy atom. The molecular weight excluding hydrogens is 286 g/mol. The summed E-state index contributed by atoms with van der Waals surface area (Å²) in [5.74, 6) is -0.375. The molecule has 0 aromatic carbocycles. The maximum absolute atomic E-state index is 11.5. The topological polar surface area (TPSA) is 57.0 Å². The largest absolute Gasteiger partial charge is 0.461 e. The molecule has 7 heteroatoms. The van der Waals surface area contributed by atoms with Crippen molar-refractivity contribution in [2.75, 3.05) is 6.61 Å². The van der Waals surface area contributed by atoms with Crippen LogP contribution in [0.5, 0.6) is 0 Å². The first-order valence-corrected chi connectivity index (χ1v) is 7.17. The highest BCUT2D eigenvalue weighted by molar-refractivity contribution is 7.09. The lowest BCUT2D eigenvalue weighted by molar-refractivity contribution is 0.0520. The molecule has 102 valence electrons. The molecule has 5 nitrogen and oxygen atoms in total. The fraction of sp³-hybridized carbons (Fsp3) is 0.417. The zero-order valence-electron chi connectivity index (χ0n) is 10.7. The van der Waals surface area contributed by atoms with Crippen molar-refractivity contribution in [2.45, 2.75) is 26.3 Å². The van der Waals surface area contributed by atoms with Crippen LogP contribution in [0, 0.1) is 0 Å². The standard InChI is InChI=1S/C12H14ClN3O2S/c1-3-18-12(17)10-7-19-11(15-10)4-8(2)16-6-9(13)5-14-16/h5-8H,3-4H2,1-2H3/t8-/m0/s1. The van der Waals surface area contributed by atoms with E-state index < -0.39 is 0 Å². The van der Waals surface area contributed by atoms with Crippen LogP contribution < -0.4 is 0 Å². The number of rotatable bonds is 5. The molecule has 19 heavy (non-hydrogen) atoms. The molecule has 0 aliphatic heterocycles. The van der Waals surface area contributed by atoms with Crippen molar-refractivity contribution in [1.29, 1.82) is 0 Å². The molecule has 0 fully saturated rings. The van der Waals surface area contributed by atoms with Crippen LogP contribution in [-0.4, -0.2) is 27.3 Å². The molecule has 1 atom stereocenters. The second kappa shape index (κ2) is 6.16. The molecule has 0 unspecified atom stereocenters. The van der Waals surface area contributed by atoms with Gasteiger partial charge in [0.2, 0.25) is 0 Å². The van der Waals surface area contributed by atoms with E-state index in [9.17, 15) is 4.79 Å². The molecule has 2 heterocycles. The van der Waals surface area contributed by atoms with Crippen LogP contribution in [0.2, 0.25) is 5.02 Å². The predicted molar refractivity (Wildman–Crippen MR) is 73.7 cm³/mol. The SMILES string of the molecule is CCOC(=O)c1csc(C[C@H](C)n2cc(Cl)cn2)n1. The van der Waals surface area contributed by atoms with Crippen molar-refractivity contribution in [2.24, 2.45) is 0 Å². The van der Waals surface area contributed by atoms with Crippen LogP contribution in [-0.2, 0) is 11.2 Å². The number of nitrogens with zero attached hydrogens (tertiary/aromatic N) is 3. The van der Waals surface area contributed by atoms with E-state index in [0.29, 0.717) is 23.7 Å². The normalized spacial score (nSPS) is 12.4. The Morgan fingerprint density at radius 2 is 2.42 bits per heavy atom. The van der Waals surface area contributed by atoms with Gasteiger partial charge in [0.25, 0.3) is 0 Å². The predicted octanol–water partition coefficient (Wildman–Crippen LogP) is 2.97. The quantitative estimate of drug-likeness (QED) is 0.797. The molecular formula is C12H14ClN3O2S. The van der Waals surface area contributed by atoms with Crippen molar-refractivity contribution in [3.8, 4) is 0 Å². The van der Waals surface area contributed by atoms with Crippen LogP contribution >= 0.6 is 22.9 Å². The number of esters is 1. The summed E-state index contributed by atoms with van der Waals surface area (Å²) in [4.78, 5) is 15.8. The number of ether oxygens (including phenoxy) is 1. The highest BCUT2D eigenvalue weighted by Gasteiger charge is 2.14. The van der Waals surface area contributed by atoms with E-state index in [1.807, 2.05) is 6.92 Å². The van der Waals surface area contributed by atoms with Crippen molar-refractivity contribution in [3.63, 3.8) is 0 Å². The summed E-state index contributed by atoms with van der Waals surface area (Å²) in [6.07, 6.45) is 4.07. The van der Waals surface area contributed by atoms with E-state index in [2.05, 4.69) is 10.1 Å². The number of hydrogen-bond acceptors (Lipinski definition) is 5. The molecule has 2 aromatic heterocycles. The zero-order chi connectivity index (χ0) is 13.8. The Bertz CT molecular complexity index is 567. The highest BCUT2D eigenvalue weighted by atomic mass is 35.5. The van der Waals surface area contributed by atoms with Crippen LogP contribution in [0.25, 0.3) is 0 Å². The Balaban J connectivity index is 2.01. The monoisotopic (exact) mass is 299 g/mol. The maximum atomic E-state index is 11.5. The first-order valence-electron chi connectivity index (χ1n) is 5.91. The minimum Gasteiger partial charge on any atom is -0.461 e. The third-order valence-electron chi connectivity index (χ3n) is 2.53. The van der Waals surface area contributed by atoms with Crippen molar-refractivity contribution in [1.82, 2.24) is 14.8 Å². The van der Waals surface area contributed by atoms with E-state index in [1.165, 1.54) is 11.3 Å². The zero-order valence-corrected chi connectivity index (χ0v) is 12.2. The third-order valence-corrected chi connectivity index (χ3v) is 3.59. The number of thiazole rings is 1. The minimum absolute atomic E-state index is 0.133. The summed E-state index contributed by atoms with van der Waals surface area (Å²) in [5, 5.41) is 7.36. The van der Waals surface area contributed by atoms with Crippen molar-refractivity contribution in [3.05, 3.63) is 33.5 Å². The Morgan fingerprint density at radius 1 is 1.63 bits per heavy atom. The average Bonchev–Trinajstić information content (AvgIpc) is 2.98.